The van der Waals surface area contributed by atoms with Crippen LogP contribution in [-0.4, -0.2) is 40.9 Å². The van der Waals surface area contributed by atoms with Crippen LogP contribution in [0.1, 0.15) is 25.5 Å². The fourth-order valence-corrected chi connectivity index (χ4v) is 2.75. The van der Waals surface area contributed by atoms with Crippen LogP contribution in [0.25, 0.3) is 0 Å². The van der Waals surface area contributed by atoms with Crippen LogP contribution in [0.5, 0.6) is 0 Å². The monoisotopic (exact) mass is 270 g/mol. The molecule has 0 aromatic carbocycles. The van der Waals surface area contributed by atoms with Crippen molar-refractivity contribution >= 4 is 11.6 Å². The van der Waals surface area contributed by atoms with Crippen molar-refractivity contribution in [3.63, 3.8) is 0 Å². The fraction of sp³-hybridized carbons (Fsp3) is 0.769. The van der Waals surface area contributed by atoms with Gasteiger partial charge in [0.25, 0.3) is 0 Å². The Morgan fingerprint density at radius 1 is 1.44 bits per heavy atom. The van der Waals surface area contributed by atoms with E-state index in [2.05, 4.69) is 22.2 Å². The topological polar surface area (TPSA) is 33.1 Å². The van der Waals surface area contributed by atoms with Crippen LogP contribution in [0.2, 0.25) is 5.02 Å². The van der Waals surface area contributed by atoms with Gasteiger partial charge in [-0.15, -0.1) is 0 Å². The molecule has 0 saturated carbocycles. The number of hydrogen-bond donors (Lipinski definition) is 1. The lowest BCUT2D eigenvalue weighted by Gasteiger charge is -2.32. The smallest absolute Gasteiger partial charge is 0.0831 e. The van der Waals surface area contributed by atoms with Crippen molar-refractivity contribution < 1.29 is 0 Å². The molecule has 1 aliphatic rings. The Balaban J connectivity index is 1.80. The Morgan fingerprint density at radius 3 is 2.72 bits per heavy atom. The van der Waals surface area contributed by atoms with Gasteiger partial charge in [-0.05, 0) is 44.9 Å². The summed E-state index contributed by atoms with van der Waals surface area (Å²) in [4.78, 5) is 2.48. The van der Waals surface area contributed by atoms with E-state index in [0.29, 0.717) is 0 Å². The summed E-state index contributed by atoms with van der Waals surface area (Å²) in [5.41, 5.74) is 1.13. The third kappa shape index (κ3) is 3.46. The first kappa shape index (κ1) is 13.8. The lowest BCUT2D eigenvalue weighted by atomic mass is 9.96. The van der Waals surface area contributed by atoms with Gasteiger partial charge in [-0.2, -0.15) is 5.10 Å². The summed E-state index contributed by atoms with van der Waals surface area (Å²) < 4.78 is 1.88. The number of nitrogens with one attached hydrogen (secondary N) is 1. The van der Waals surface area contributed by atoms with Gasteiger partial charge in [-0.25, -0.2) is 0 Å². The summed E-state index contributed by atoms with van der Waals surface area (Å²) in [5, 5.41) is 8.41. The molecule has 0 radical (unpaired) electrons. The molecule has 1 N–H and O–H groups in total. The fourth-order valence-electron chi connectivity index (χ4n) is 2.52. The van der Waals surface area contributed by atoms with E-state index >= 15 is 0 Å². The highest BCUT2D eigenvalue weighted by Crippen LogP contribution is 2.21. The predicted octanol–water partition coefficient (Wildman–Crippen LogP) is 1.90. The molecule has 1 aliphatic heterocycles. The molecular formula is C13H23ClN4. The van der Waals surface area contributed by atoms with E-state index in [4.69, 9.17) is 11.6 Å². The molecule has 0 aliphatic carbocycles. The van der Waals surface area contributed by atoms with Gasteiger partial charge in [0.1, 0.15) is 0 Å². The highest BCUT2D eigenvalue weighted by atomic mass is 35.5. The minimum atomic E-state index is 0.785. The summed E-state index contributed by atoms with van der Waals surface area (Å²) in [6.45, 7) is 7.65. The van der Waals surface area contributed by atoms with E-state index in [1.807, 2.05) is 11.7 Å². The van der Waals surface area contributed by atoms with Gasteiger partial charge in [0.15, 0.2) is 0 Å². The third-order valence-electron chi connectivity index (χ3n) is 3.77. The molecule has 1 fully saturated rings. The second-order valence-electron chi connectivity index (χ2n) is 5.09. The molecule has 1 aromatic heterocycles. The first-order valence-corrected chi connectivity index (χ1v) is 7.18. The molecule has 0 spiro atoms. The second kappa shape index (κ2) is 6.55. The number of aromatic nitrogens is 2. The quantitative estimate of drug-likeness (QED) is 0.887. The molecular weight excluding hydrogens is 248 g/mol. The molecule has 0 atom stereocenters. The number of nitrogens with zero attached hydrogens (tertiary/aromatic N) is 3. The van der Waals surface area contributed by atoms with Gasteiger partial charge in [-0.1, -0.05) is 18.5 Å². The standard InChI is InChI=1S/C13H23ClN4/c1-3-15-8-11-4-6-18(7-5-11)10-13-12(14)9-16-17(13)2/h9,11,15H,3-8,10H2,1-2H3. The van der Waals surface area contributed by atoms with Crippen LogP contribution in [-0.2, 0) is 13.6 Å². The molecule has 18 heavy (non-hydrogen) atoms. The van der Waals surface area contributed by atoms with E-state index in [-0.39, 0.29) is 0 Å². The summed E-state index contributed by atoms with van der Waals surface area (Å²) >= 11 is 6.14. The van der Waals surface area contributed by atoms with E-state index in [1.165, 1.54) is 12.8 Å². The average molecular weight is 271 g/mol. The molecule has 2 heterocycles. The Kier molecular flexibility index (Phi) is 5.03. The van der Waals surface area contributed by atoms with Crippen LogP contribution in [0.3, 0.4) is 0 Å². The maximum atomic E-state index is 6.14. The predicted molar refractivity (Wildman–Crippen MR) is 74.8 cm³/mol. The first-order valence-electron chi connectivity index (χ1n) is 6.80. The van der Waals surface area contributed by atoms with Gasteiger partial charge in [0.05, 0.1) is 16.9 Å². The molecule has 2 rings (SSSR count). The minimum Gasteiger partial charge on any atom is -0.317 e. The van der Waals surface area contributed by atoms with Crippen molar-refractivity contribution in [3.8, 4) is 0 Å². The van der Waals surface area contributed by atoms with Gasteiger partial charge in [0, 0.05) is 13.6 Å². The summed E-state index contributed by atoms with van der Waals surface area (Å²) in [6, 6.07) is 0. The van der Waals surface area contributed by atoms with Gasteiger partial charge < -0.3 is 5.32 Å². The Labute approximate surface area is 114 Å². The van der Waals surface area contributed by atoms with Crippen molar-refractivity contribution in [1.29, 1.82) is 0 Å². The molecule has 0 unspecified atom stereocenters. The normalized spacial score (nSPS) is 18.4. The molecule has 5 heteroatoms. The minimum absolute atomic E-state index is 0.785. The van der Waals surface area contributed by atoms with E-state index in [9.17, 15) is 0 Å². The zero-order valence-electron chi connectivity index (χ0n) is 11.3. The van der Waals surface area contributed by atoms with Crippen molar-refractivity contribution in [2.24, 2.45) is 13.0 Å². The van der Waals surface area contributed by atoms with Crippen LogP contribution >= 0.6 is 11.6 Å². The third-order valence-corrected chi connectivity index (χ3v) is 4.09. The number of rotatable bonds is 5. The molecule has 0 amide bonds. The van der Waals surface area contributed by atoms with Crippen molar-refractivity contribution in [3.05, 3.63) is 16.9 Å². The number of hydrogen-bond acceptors (Lipinski definition) is 3. The van der Waals surface area contributed by atoms with Crippen molar-refractivity contribution in [1.82, 2.24) is 20.0 Å². The largest absolute Gasteiger partial charge is 0.317 e. The number of aryl methyl sites for hydroxylation is 1. The van der Waals surface area contributed by atoms with Crippen LogP contribution in [0, 0.1) is 5.92 Å². The van der Waals surface area contributed by atoms with Crippen LogP contribution in [0.4, 0.5) is 0 Å². The lowest BCUT2D eigenvalue weighted by Crippen LogP contribution is -2.37. The Hall–Kier alpha value is -0.580. The van der Waals surface area contributed by atoms with Gasteiger partial charge in [0.2, 0.25) is 0 Å². The van der Waals surface area contributed by atoms with Crippen molar-refractivity contribution in [2.75, 3.05) is 26.2 Å². The highest BCUT2D eigenvalue weighted by Gasteiger charge is 2.20. The van der Waals surface area contributed by atoms with Crippen LogP contribution in [0.15, 0.2) is 6.20 Å². The second-order valence-corrected chi connectivity index (χ2v) is 5.50. The SMILES string of the molecule is CCNCC1CCN(Cc2c(Cl)cnn2C)CC1. The molecule has 102 valence electrons. The zero-order chi connectivity index (χ0) is 13.0. The molecule has 0 bridgehead atoms. The maximum Gasteiger partial charge on any atom is 0.0831 e. The molecule has 4 nitrogen and oxygen atoms in total. The van der Waals surface area contributed by atoms with E-state index in [1.54, 1.807) is 6.20 Å². The summed E-state index contributed by atoms with van der Waals surface area (Å²) in [5.74, 6) is 0.836. The number of likely N-dealkylation sites (tertiary alicyclic amines) is 1. The molecule has 1 aromatic rings. The summed E-state index contributed by atoms with van der Waals surface area (Å²) in [7, 11) is 1.96. The van der Waals surface area contributed by atoms with Gasteiger partial charge in [-0.3, -0.25) is 9.58 Å². The lowest BCUT2D eigenvalue weighted by molar-refractivity contribution is 0.172. The number of halogens is 1. The van der Waals surface area contributed by atoms with Gasteiger partial charge >= 0.3 is 0 Å². The maximum absolute atomic E-state index is 6.14. The van der Waals surface area contributed by atoms with E-state index in [0.717, 1.165) is 49.4 Å². The Morgan fingerprint density at radius 2 is 2.17 bits per heavy atom. The van der Waals surface area contributed by atoms with E-state index < -0.39 is 0 Å². The Bertz CT molecular complexity index is 350. The molecule has 1 saturated heterocycles. The average Bonchev–Trinajstić information content (AvgIpc) is 2.70. The first-order chi connectivity index (χ1) is 8.70. The van der Waals surface area contributed by atoms with Crippen LogP contribution < -0.4 is 5.32 Å². The highest BCUT2D eigenvalue weighted by molar-refractivity contribution is 6.31. The number of piperidine rings is 1. The zero-order valence-corrected chi connectivity index (χ0v) is 12.1. The van der Waals surface area contributed by atoms with Crippen molar-refractivity contribution in [2.45, 2.75) is 26.3 Å². The summed E-state index contributed by atoms with van der Waals surface area (Å²) in [6.07, 6.45) is 4.29.